The number of carbonyl (C=O) groups excluding carboxylic acids is 1. The molecule has 2 N–H and O–H groups in total. The van der Waals surface area contributed by atoms with Crippen LogP contribution in [0.25, 0.3) is 11.3 Å². The van der Waals surface area contributed by atoms with Gasteiger partial charge >= 0.3 is 5.97 Å². The predicted octanol–water partition coefficient (Wildman–Crippen LogP) is 1.87. The van der Waals surface area contributed by atoms with Gasteiger partial charge in [-0.1, -0.05) is 0 Å². The van der Waals surface area contributed by atoms with Gasteiger partial charge in [-0.25, -0.2) is 4.98 Å². The Balaban J connectivity index is 1.72. The molecule has 3 aromatic rings. The van der Waals surface area contributed by atoms with Crippen molar-refractivity contribution in [3.8, 4) is 11.3 Å². The van der Waals surface area contributed by atoms with Gasteiger partial charge in [-0.15, -0.1) is 11.3 Å². The molecule has 0 aliphatic heterocycles. The van der Waals surface area contributed by atoms with Gasteiger partial charge in [-0.05, 0) is 13.8 Å². The quantitative estimate of drug-likeness (QED) is 0.693. The summed E-state index contributed by atoms with van der Waals surface area (Å²) in [5.41, 5.74) is 2.96. The fourth-order valence-corrected chi connectivity index (χ4v) is 3.05. The van der Waals surface area contributed by atoms with Crippen LogP contribution < -0.4 is 5.32 Å². The molecular weight excluding hydrogens is 344 g/mol. The van der Waals surface area contributed by atoms with Crippen molar-refractivity contribution in [3.63, 3.8) is 0 Å². The van der Waals surface area contributed by atoms with Crippen LogP contribution in [0.3, 0.4) is 0 Å². The van der Waals surface area contributed by atoms with Gasteiger partial charge in [0.25, 0.3) is 5.91 Å². The second-order valence-corrected chi connectivity index (χ2v) is 6.13. The van der Waals surface area contributed by atoms with Crippen LogP contribution in [-0.2, 0) is 17.9 Å². The SMILES string of the molecule is CCn1ncc(-c2csc(NC(=O)c3cnn(CC(=O)O)c3)n2)c1C. The molecular formula is C15H16N6O3S. The lowest BCUT2D eigenvalue weighted by Crippen LogP contribution is -2.12. The van der Waals surface area contributed by atoms with E-state index in [1.54, 1.807) is 6.20 Å². The number of aliphatic carboxylic acids is 1. The van der Waals surface area contributed by atoms with E-state index in [0.717, 1.165) is 23.5 Å². The third kappa shape index (κ3) is 3.58. The van der Waals surface area contributed by atoms with Crippen LogP contribution in [0.15, 0.2) is 24.0 Å². The lowest BCUT2D eigenvalue weighted by Gasteiger charge is -2.00. The van der Waals surface area contributed by atoms with E-state index in [4.69, 9.17) is 5.11 Å². The van der Waals surface area contributed by atoms with Gasteiger partial charge in [0.15, 0.2) is 5.13 Å². The van der Waals surface area contributed by atoms with E-state index in [9.17, 15) is 9.59 Å². The standard InChI is InChI=1S/C15H16N6O3S/c1-3-21-9(2)11(5-17-21)12-8-25-15(18-12)19-14(24)10-4-16-20(6-10)7-13(22)23/h4-6,8H,3,7H2,1-2H3,(H,22,23)(H,18,19,24). The molecule has 0 aromatic carbocycles. The summed E-state index contributed by atoms with van der Waals surface area (Å²) in [5.74, 6) is -1.42. The molecule has 3 aromatic heterocycles. The van der Waals surface area contributed by atoms with Gasteiger partial charge in [0, 0.05) is 29.4 Å². The Morgan fingerprint density at radius 3 is 2.80 bits per heavy atom. The van der Waals surface area contributed by atoms with Crippen LogP contribution in [-0.4, -0.2) is 41.5 Å². The summed E-state index contributed by atoms with van der Waals surface area (Å²) in [6.45, 7) is 4.47. The average Bonchev–Trinajstić information content (AvgIpc) is 3.27. The van der Waals surface area contributed by atoms with E-state index in [1.165, 1.54) is 28.4 Å². The van der Waals surface area contributed by atoms with Crippen molar-refractivity contribution < 1.29 is 14.7 Å². The molecule has 25 heavy (non-hydrogen) atoms. The first-order valence-corrected chi connectivity index (χ1v) is 8.39. The molecule has 0 saturated carbocycles. The monoisotopic (exact) mass is 360 g/mol. The fourth-order valence-electron chi connectivity index (χ4n) is 2.35. The Labute approximate surface area is 146 Å². The highest BCUT2D eigenvalue weighted by Gasteiger charge is 2.15. The number of anilines is 1. The van der Waals surface area contributed by atoms with Crippen molar-refractivity contribution >= 4 is 28.3 Å². The zero-order valence-corrected chi connectivity index (χ0v) is 14.4. The van der Waals surface area contributed by atoms with Gasteiger partial charge in [0.1, 0.15) is 6.54 Å². The number of aryl methyl sites for hydroxylation is 1. The van der Waals surface area contributed by atoms with Crippen LogP contribution in [0.1, 0.15) is 23.0 Å². The summed E-state index contributed by atoms with van der Waals surface area (Å²) in [6.07, 6.45) is 4.46. The van der Waals surface area contributed by atoms with Crippen molar-refractivity contribution in [2.75, 3.05) is 5.32 Å². The van der Waals surface area contributed by atoms with E-state index in [-0.39, 0.29) is 12.1 Å². The van der Waals surface area contributed by atoms with E-state index < -0.39 is 11.9 Å². The normalized spacial score (nSPS) is 10.8. The molecule has 0 radical (unpaired) electrons. The number of carboxylic acids is 1. The maximum Gasteiger partial charge on any atom is 0.325 e. The molecule has 0 unspecified atom stereocenters. The lowest BCUT2D eigenvalue weighted by molar-refractivity contribution is -0.137. The Kier molecular flexibility index (Phi) is 4.61. The van der Waals surface area contributed by atoms with Crippen LogP contribution in [0.5, 0.6) is 0 Å². The molecule has 10 heteroatoms. The first-order chi connectivity index (χ1) is 12.0. The summed E-state index contributed by atoms with van der Waals surface area (Å²) in [6, 6.07) is 0. The van der Waals surface area contributed by atoms with E-state index in [1.807, 2.05) is 23.9 Å². The molecule has 9 nitrogen and oxygen atoms in total. The Hall–Kier alpha value is -3.01. The molecule has 1 amide bonds. The number of aromatic nitrogens is 5. The first-order valence-electron chi connectivity index (χ1n) is 7.51. The number of carbonyl (C=O) groups is 2. The van der Waals surface area contributed by atoms with Crippen LogP contribution in [0.2, 0.25) is 0 Å². The van der Waals surface area contributed by atoms with Crippen LogP contribution in [0.4, 0.5) is 5.13 Å². The Bertz CT molecular complexity index is 925. The largest absolute Gasteiger partial charge is 0.480 e. The molecule has 3 rings (SSSR count). The highest BCUT2D eigenvalue weighted by atomic mass is 32.1. The summed E-state index contributed by atoms with van der Waals surface area (Å²) in [7, 11) is 0. The molecule has 0 saturated heterocycles. The van der Waals surface area contributed by atoms with E-state index in [2.05, 4.69) is 20.5 Å². The maximum absolute atomic E-state index is 12.2. The third-order valence-corrected chi connectivity index (χ3v) is 4.35. The highest BCUT2D eigenvalue weighted by Crippen LogP contribution is 2.27. The fraction of sp³-hybridized carbons (Fsp3) is 0.267. The van der Waals surface area contributed by atoms with Crippen molar-refractivity contribution in [3.05, 3.63) is 35.2 Å². The number of hydrogen-bond donors (Lipinski definition) is 2. The molecule has 3 heterocycles. The zero-order chi connectivity index (χ0) is 18.0. The molecule has 0 aliphatic carbocycles. The number of nitrogens with zero attached hydrogens (tertiary/aromatic N) is 5. The number of hydrogen-bond acceptors (Lipinski definition) is 6. The summed E-state index contributed by atoms with van der Waals surface area (Å²) < 4.78 is 3.07. The van der Waals surface area contributed by atoms with Crippen molar-refractivity contribution in [2.45, 2.75) is 26.9 Å². The molecule has 130 valence electrons. The third-order valence-electron chi connectivity index (χ3n) is 3.60. The first kappa shape index (κ1) is 16.8. The topological polar surface area (TPSA) is 115 Å². The number of carboxylic acid groups (broad SMARTS) is 1. The molecule has 0 bridgehead atoms. The number of rotatable bonds is 6. The maximum atomic E-state index is 12.2. The number of thiazole rings is 1. The van der Waals surface area contributed by atoms with Crippen molar-refractivity contribution in [2.24, 2.45) is 0 Å². The number of amides is 1. The van der Waals surface area contributed by atoms with E-state index in [0.29, 0.717) is 5.13 Å². The smallest absolute Gasteiger partial charge is 0.325 e. The minimum Gasteiger partial charge on any atom is -0.480 e. The second kappa shape index (κ2) is 6.85. The zero-order valence-electron chi connectivity index (χ0n) is 13.6. The second-order valence-electron chi connectivity index (χ2n) is 5.27. The van der Waals surface area contributed by atoms with Crippen molar-refractivity contribution in [1.29, 1.82) is 0 Å². The van der Waals surface area contributed by atoms with Crippen molar-refractivity contribution in [1.82, 2.24) is 24.5 Å². The lowest BCUT2D eigenvalue weighted by atomic mass is 10.2. The minimum atomic E-state index is -1.03. The number of nitrogens with one attached hydrogen (secondary N) is 1. The van der Waals surface area contributed by atoms with Gasteiger partial charge < -0.3 is 5.11 Å². The summed E-state index contributed by atoms with van der Waals surface area (Å²) in [4.78, 5) is 27.3. The molecule has 0 fully saturated rings. The Morgan fingerprint density at radius 2 is 2.12 bits per heavy atom. The average molecular weight is 360 g/mol. The van der Waals surface area contributed by atoms with Crippen LogP contribution in [0, 0.1) is 6.92 Å². The minimum absolute atomic E-state index is 0.271. The van der Waals surface area contributed by atoms with Gasteiger partial charge in [0.05, 0.1) is 23.7 Å². The van der Waals surface area contributed by atoms with Crippen LogP contribution >= 0.6 is 11.3 Å². The predicted molar refractivity (Wildman–Crippen MR) is 91.6 cm³/mol. The van der Waals surface area contributed by atoms with Gasteiger partial charge in [-0.2, -0.15) is 10.2 Å². The molecule has 0 aliphatic rings. The summed E-state index contributed by atoms with van der Waals surface area (Å²) in [5, 5.41) is 21.9. The van der Waals surface area contributed by atoms with Gasteiger partial charge in [0.2, 0.25) is 0 Å². The van der Waals surface area contributed by atoms with Gasteiger partial charge in [-0.3, -0.25) is 24.3 Å². The Morgan fingerprint density at radius 1 is 1.32 bits per heavy atom. The highest BCUT2D eigenvalue weighted by molar-refractivity contribution is 7.14. The molecule has 0 spiro atoms. The molecule has 0 atom stereocenters. The summed E-state index contributed by atoms with van der Waals surface area (Å²) >= 11 is 1.31. The van der Waals surface area contributed by atoms with E-state index >= 15 is 0 Å².